The number of halogens is 4. The third-order valence-electron chi connectivity index (χ3n) is 6.60. The Morgan fingerprint density at radius 3 is 1.31 bits per heavy atom. The highest BCUT2D eigenvalue weighted by Gasteiger charge is 2.24. The van der Waals surface area contributed by atoms with E-state index in [9.17, 15) is 17.6 Å². The van der Waals surface area contributed by atoms with Crippen LogP contribution in [0.5, 0.6) is 11.5 Å². The summed E-state index contributed by atoms with van der Waals surface area (Å²) < 4.78 is 70.2. The second-order valence-electron chi connectivity index (χ2n) is 9.22. The third kappa shape index (κ3) is 5.09. The monoisotopic (exact) mass is 500 g/mol. The van der Waals surface area contributed by atoms with Crippen LogP contribution in [0, 0.1) is 23.3 Å². The van der Waals surface area contributed by atoms with Gasteiger partial charge in [-0.05, 0) is 25.0 Å². The Balaban J connectivity index is 1.93. The summed E-state index contributed by atoms with van der Waals surface area (Å²) in [6.07, 6.45) is 8.08. The van der Waals surface area contributed by atoms with Crippen LogP contribution in [0.2, 0.25) is 0 Å². The van der Waals surface area contributed by atoms with E-state index in [1.807, 2.05) is 24.3 Å². The minimum Gasteiger partial charge on any atom is -0.492 e. The Bertz CT molecular complexity index is 1260. The number of hydrogen-bond acceptors (Lipinski definition) is 2. The standard InChI is InChI=1S/C30H32F4O2/c1-3-5-7-11-15-35-29-19-13-9-10-14-20(19)30(36-16-12-8-6-4-2)24-18-22-21(17-23(24)29)25(31)27(33)28(34)26(22)32/h9-10,13-14,17-18H,3-8,11-12,15-16H2,1-2H3. The van der Waals surface area contributed by atoms with Crippen molar-refractivity contribution in [3.8, 4) is 11.5 Å². The van der Waals surface area contributed by atoms with Gasteiger partial charge in [0.1, 0.15) is 11.5 Å². The van der Waals surface area contributed by atoms with Crippen molar-refractivity contribution >= 4 is 32.3 Å². The van der Waals surface area contributed by atoms with Crippen LogP contribution in [0.25, 0.3) is 32.3 Å². The lowest BCUT2D eigenvalue weighted by atomic mass is 9.96. The predicted octanol–water partition coefficient (Wildman–Crippen LogP) is 9.62. The van der Waals surface area contributed by atoms with Gasteiger partial charge in [0, 0.05) is 32.3 Å². The number of ether oxygens (including phenoxy) is 2. The van der Waals surface area contributed by atoms with Gasteiger partial charge in [0.15, 0.2) is 23.3 Å². The molecule has 4 aromatic rings. The van der Waals surface area contributed by atoms with Crippen molar-refractivity contribution in [2.24, 2.45) is 0 Å². The number of hydrogen-bond donors (Lipinski definition) is 0. The molecule has 6 heteroatoms. The van der Waals surface area contributed by atoms with Crippen molar-refractivity contribution in [2.75, 3.05) is 13.2 Å². The highest BCUT2D eigenvalue weighted by atomic mass is 19.2. The highest BCUT2D eigenvalue weighted by molar-refractivity contribution is 6.14. The van der Waals surface area contributed by atoms with Gasteiger partial charge in [-0.25, -0.2) is 17.6 Å². The van der Waals surface area contributed by atoms with E-state index < -0.39 is 23.3 Å². The van der Waals surface area contributed by atoms with Crippen molar-refractivity contribution in [1.82, 2.24) is 0 Å². The van der Waals surface area contributed by atoms with E-state index in [4.69, 9.17) is 9.47 Å². The lowest BCUT2D eigenvalue weighted by Gasteiger charge is -2.19. The SMILES string of the molecule is CCCCCCOc1c2ccccc2c(OCCCCCC)c2cc3c(F)c(F)c(F)c(F)c3cc12. The molecule has 0 spiro atoms. The fraction of sp³-hybridized carbons (Fsp3) is 0.400. The summed E-state index contributed by atoms with van der Waals surface area (Å²) in [6, 6.07) is 10.2. The first kappa shape index (κ1) is 26.1. The molecule has 0 aliphatic rings. The Morgan fingerprint density at radius 2 is 0.917 bits per heavy atom. The molecule has 0 radical (unpaired) electrons. The minimum atomic E-state index is -1.82. The average molecular weight is 501 g/mol. The van der Waals surface area contributed by atoms with Crippen molar-refractivity contribution < 1.29 is 27.0 Å². The molecule has 0 N–H and O–H groups in total. The molecule has 0 saturated carbocycles. The molecule has 0 heterocycles. The van der Waals surface area contributed by atoms with E-state index >= 15 is 0 Å². The lowest BCUT2D eigenvalue weighted by molar-refractivity contribution is 0.307. The molecule has 2 nitrogen and oxygen atoms in total. The summed E-state index contributed by atoms with van der Waals surface area (Å²) in [6.45, 7) is 5.15. The van der Waals surface area contributed by atoms with Crippen LogP contribution in [0.1, 0.15) is 65.2 Å². The predicted molar refractivity (Wildman–Crippen MR) is 138 cm³/mol. The molecule has 4 rings (SSSR count). The Kier molecular flexibility index (Phi) is 8.55. The normalized spacial score (nSPS) is 11.6. The molecule has 0 unspecified atom stereocenters. The molecule has 4 aromatic carbocycles. The minimum absolute atomic E-state index is 0.334. The van der Waals surface area contributed by atoms with Crippen LogP contribution in [0.3, 0.4) is 0 Å². The third-order valence-corrected chi connectivity index (χ3v) is 6.60. The zero-order valence-corrected chi connectivity index (χ0v) is 20.9. The zero-order valence-electron chi connectivity index (χ0n) is 20.9. The van der Waals surface area contributed by atoms with E-state index in [1.165, 1.54) is 12.1 Å². The Labute approximate surface area is 209 Å². The summed E-state index contributed by atoms with van der Waals surface area (Å²) >= 11 is 0. The summed E-state index contributed by atoms with van der Waals surface area (Å²) in [5.41, 5.74) is 0. The molecule has 0 aliphatic carbocycles. The van der Waals surface area contributed by atoms with Crippen LogP contribution < -0.4 is 9.47 Å². The van der Waals surface area contributed by atoms with Crippen LogP contribution >= 0.6 is 0 Å². The summed E-state index contributed by atoms with van der Waals surface area (Å²) in [5, 5.41) is 1.82. The van der Waals surface area contributed by atoms with E-state index in [0.717, 1.165) is 62.1 Å². The molecule has 0 bridgehead atoms. The van der Waals surface area contributed by atoms with Gasteiger partial charge in [0.05, 0.1) is 13.2 Å². The second-order valence-corrected chi connectivity index (χ2v) is 9.22. The molecule has 0 saturated heterocycles. The molecule has 192 valence electrons. The summed E-state index contributed by atoms with van der Waals surface area (Å²) in [4.78, 5) is 0. The van der Waals surface area contributed by atoms with E-state index in [2.05, 4.69) is 13.8 Å². The molecular weight excluding hydrogens is 468 g/mol. The molecule has 0 aromatic heterocycles. The maximum atomic E-state index is 14.8. The van der Waals surface area contributed by atoms with Crippen molar-refractivity contribution in [3.63, 3.8) is 0 Å². The van der Waals surface area contributed by atoms with Gasteiger partial charge >= 0.3 is 0 Å². The fourth-order valence-corrected chi connectivity index (χ4v) is 4.65. The topological polar surface area (TPSA) is 18.5 Å². The van der Waals surface area contributed by atoms with Crippen LogP contribution in [-0.2, 0) is 0 Å². The molecule has 0 fully saturated rings. The van der Waals surface area contributed by atoms with Crippen LogP contribution in [0.4, 0.5) is 17.6 Å². The summed E-state index contributed by atoms with van der Waals surface area (Å²) in [5.74, 6) is -5.49. The molecule has 0 atom stereocenters. The van der Waals surface area contributed by atoms with E-state index in [0.29, 0.717) is 35.5 Å². The number of fused-ring (bicyclic) bond motifs is 3. The van der Waals surface area contributed by atoms with E-state index in [1.54, 1.807) is 0 Å². The van der Waals surface area contributed by atoms with E-state index in [-0.39, 0.29) is 10.8 Å². The first-order valence-electron chi connectivity index (χ1n) is 12.9. The number of benzene rings is 4. The second kappa shape index (κ2) is 11.8. The first-order chi connectivity index (χ1) is 17.5. The van der Waals surface area contributed by atoms with Crippen molar-refractivity contribution in [1.29, 1.82) is 0 Å². The number of rotatable bonds is 12. The fourth-order valence-electron chi connectivity index (χ4n) is 4.65. The Hall–Kier alpha value is -3.02. The van der Waals surface area contributed by atoms with Crippen LogP contribution in [0.15, 0.2) is 36.4 Å². The molecule has 0 amide bonds. The van der Waals surface area contributed by atoms with Gasteiger partial charge in [-0.1, -0.05) is 76.6 Å². The van der Waals surface area contributed by atoms with Crippen molar-refractivity contribution in [3.05, 3.63) is 59.7 Å². The molecular formula is C30H32F4O2. The highest BCUT2D eigenvalue weighted by Crippen LogP contribution is 2.45. The average Bonchev–Trinajstić information content (AvgIpc) is 2.90. The summed E-state index contributed by atoms with van der Waals surface area (Å²) in [7, 11) is 0. The van der Waals surface area contributed by atoms with Crippen molar-refractivity contribution in [2.45, 2.75) is 65.2 Å². The molecule has 0 aliphatic heterocycles. The van der Waals surface area contributed by atoms with Gasteiger partial charge in [-0.15, -0.1) is 0 Å². The maximum Gasteiger partial charge on any atom is 0.198 e. The first-order valence-corrected chi connectivity index (χ1v) is 12.9. The van der Waals surface area contributed by atoms with Gasteiger partial charge in [0.2, 0.25) is 0 Å². The molecule has 36 heavy (non-hydrogen) atoms. The smallest absolute Gasteiger partial charge is 0.198 e. The largest absolute Gasteiger partial charge is 0.492 e. The lowest BCUT2D eigenvalue weighted by Crippen LogP contribution is -2.03. The Morgan fingerprint density at radius 1 is 0.500 bits per heavy atom. The van der Waals surface area contributed by atoms with Gasteiger partial charge < -0.3 is 9.47 Å². The van der Waals surface area contributed by atoms with Gasteiger partial charge in [-0.3, -0.25) is 0 Å². The quantitative estimate of drug-likeness (QED) is 0.0634. The van der Waals surface area contributed by atoms with Gasteiger partial charge in [-0.2, -0.15) is 0 Å². The number of unbranched alkanes of at least 4 members (excludes halogenated alkanes) is 6. The van der Waals surface area contributed by atoms with Gasteiger partial charge in [0.25, 0.3) is 0 Å². The van der Waals surface area contributed by atoms with Crippen LogP contribution in [-0.4, -0.2) is 13.2 Å². The zero-order chi connectivity index (χ0) is 25.7. The maximum absolute atomic E-state index is 14.8.